The third kappa shape index (κ3) is 2.86. The van der Waals surface area contributed by atoms with Crippen LogP contribution in [0.4, 0.5) is 5.82 Å². The van der Waals surface area contributed by atoms with Crippen LogP contribution >= 0.6 is 11.6 Å². The number of aromatic nitrogens is 2. The molecule has 1 saturated carbocycles. The molecule has 1 N–H and O–H groups in total. The zero-order chi connectivity index (χ0) is 13.1. The summed E-state index contributed by atoms with van der Waals surface area (Å²) < 4.78 is 0. The van der Waals surface area contributed by atoms with Crippen molar-refractivity contribution in [3.05, 3.63) is 17.6 Å². The second-order valence-corrected chi connectivity index (χ2v) is 6.11. The first kappa shape index (κ1) is 13.2. The molecule has 0 aliphatic heterocycles. The van der Waals surface area contributed by atoms with Crippen LogP contribution in [-0.2, 0) is 12.8 Å². The van der Waals surface area contributed by atoms with Crippen molar-refractivity contribution < 1.29 is 0 Å². The summed E-state index contributed by atoms with van der Waals surface area (Å²) in [5.74, 6) is 2.43. The van der Waals surface area contributed by atoms with Gasteiger partial charge in [-0.05, 0) is 44.4 Å². The number of nitrogens with one attached hydrogen (secondary N) is 1. The smallest absolute Gasteiger partial charge is 0.133 e. The molecular weight excluding hydrogens is 258 g/mol. The number of nitrogens with zero attached hydrogens (tertiary/aromatic N) is 2. The van der Waals surface area contributed by atoms with Crippen molar-refractivity contribution in [1.29, 1.82) is 0 Å². The Morgan fingerprint density at radius 3 is 2.89 bits per heavy atom. The summed E-state index contributed by atoms with van der Waals surface area (Å²) in [4.78, 5) is 8.98. The van der Waals surface area contributed by atoms with Gasteiger partial charge in [0.1, 0.15) is 12.1 Å². The van der Waals surface area contributed by atoms with E-state index in [-0.39, 0.29) is 0 Å². The van der Waals surface area contributed by atoms with Crippen LogP contribution in [0.3, 0.4) is 0 Å². The molecule has 0 spiro atoms. The molecule has 0 saturated heterocycles. The first-order chi connectivity index (χ1) is 9.38. The number of halogens is 1. The maximum Gasteiger partial charge on any atom is 0.133 e. The van der Waals surface area contributed by atoms with Crippen LogP contribution in [0.1, 0.15) is 49.8 Å². The molecule has 2 atom stereocenters. The number of anilines is 1. The number of hydrogen-bond acceptors (Lipinski definition) is 3. The van der Waals surface area contributed by atoms with Gasteiger partial charge < -0.3 is 5.32 Å². The lowest BCUT2D eigenvalue weighted by molar-refractivity contribution is 0.560. The van der Waals surface area contributed by atoms with Crippen molar-refractivity contribution >= 4 is 17.4 Å². The Bertz CT molecular complexity index is 435. The molecular formula is C15H22ClN3. The fourth-order valence-corrected chi connectivity index (χ4v) is 3.78. The molecule has 3 nitrogen and oxygen atoms in total. The second kappa shape index (κ2) is 6.08. The van der Waals surface area contributed by atoms with E-state index in [9.17, 15) is 0 Å². The first-order valence-corrected chi connectivity index (χ1v) is 8.07. The summed E-state index contributed by atoms with van der Waals surface area (Å²) >= 11 is 6.07. The van der Waals surface area contributed by atoms with Gasteiger partial charge in [-0.2, -0.15) is 0 Å². The maximum atomic E-state index is 6.07. The fourth-order valence-electron chi connectivity index (χ4n) is 3.41. The quantitative estimate of drug-likeness (QED) is 0.679. The highest BCUT2D eigenvalue weighted by atomic mass is 35.5. The third-order valence-corrected chi connectivity index (χ3v) is 4.95. The van der Waals surface area contributed by atoms with E-state index in [0.29, 0.717) is 12.0 Å². The highest BCUT2D eigenvalue weighted by molar-refractivity contribution is 6.18. The van der Waals surface area contributed by atoms with Gasteiger partial charge in [0.2, 0.25) is 0 Å². The maximum absolute atomic E-state index is 6.07. The molecule has 4 heteroatoms. The summed E-state index contributed by atoms with van der Waals surface area (Å²) in [6.07, 6.45) is 11.5. The predicted octanol–water partition coefficient (Wildman–Crippen LogP) is 3.56. The van der Waals surface area contributed by atoms with E-state index in [1.165, 1.54) is 49.8 Å². The van der Waals surface area contributed by atoms with Gasteiger partial charge in [-0.1, -0.05) is 12.8 Å². The van der Waals surface area contributed by atoms with Gasteiger partial charge in [0.15, 0.2) is 0 Å². The first-order valence-electron chi connectivity index (χ1n) is 7.53. The lowest BCUT2D eigenvalue weighted by Crippen LogP contribution is -2.26. The molecule has 1 aromatic heterocycles. The number of alkyl halides is 1. The van der Waals surface area contributed by atoms with Crippen LogP contribution in [0.25, 0.3) is 0 Å². The summed E-state index contributed by atoms with van der Waals surface area (Å²) in [5.41, 5.74) is 2.62. The number of hydrogen-bond donors (Lipinski definition) is 1. The van der Waals surface area contributed by atoms with Gasteiger partial charge in [0, 0.05) is 23.2 Å². The highest BCUT2D eigenvalue weighted by Gasteiger charge is 2.27. The van der Waals surface area contributed by atoms with Crippen LogP contribution < -0.4 is 5.32 Å². The summed E-state index contributed by atoms with van der Waals surface area (Å²) in [5, 5.41) is 3.66. The van der Waals surface area contributed by atoms with Gasteiger partial charge in [-0.3, -0.25) is 0 Å². The van der Waals surface area contributed by atoms with E-state index in [1.54, 1.807) is 6.33 Å². The SMILES string of the molecule is ClCC1CCCC1Nc1ncnc2c1CCCCC2. The Labute approximate surface area is 120 Å². The van der Waals surface area contributed by atoms with Crippen LogP contribution in [0.15, 0.2) is 6.33 Å². The molecule has 1 aromatic rings. The molecule has 2 aliphatic carbocycles. The van der Waals surface area contributed by atoms with Crippen LogP contribution in [0, 0.1) is 5.92 Å². The highest BCUT2D eigenvalue weighted by Crippen LogP contribution is 2.31. The average Bonchev–Trinajstić information content (AvgIpc) is 2.73. The molecule has 0 radical (unpaired) electrons. The molecule has 19 heavy (non-hydrogen) atoms. The number of fused-ring (bicyclic) bond motifs is 1. The molecule has 1 fully saturated rings. The van der Waals surface area contributed by atoms with E-state index < -0.39 is 0 Å². The Hall–Kier alpha value is -0.830. The van der Waals surface area contributed by atoms with E-state index in [4.69, 9.17) is 11.6 Å². The summed E-state index contributed by atoms with van der Waals surface area (Å²) in [6.45, 7) is 0. The largest absolute Gasteiger partial charge is 0.367 e. The van der Waals surface area contributed by atoms with Gasteiger partial charge >= 0.3 is 0 Å². The normalized spacial score (nSPS) is 26.8. The number of aryl methyl sites for hydroxylation is 1. The van der Waals surface area contributed by atoms with Crippen molar-refractivity contribution in [1.82, 2.24) is 9.97 Å². The van der Waals surface area contributed by atoms with Crippen LogP contribution in [0.2, 0.25) is 0 Å². The van der Waals surface area contributed by atoms with E-state index >= 15 is 0 Å². The average molecular weight is 280 g/mol. The summed E-state index contributed by atoms with van der Waals surface area (Å²) in [6, 6.07) is 0.500. The monoisotopic (exact) mass is 279 g/mol. The Balaban J connectivity index is 1.81. The molecule has 2 aliphatic rings. The summed E-state index contributed by atoms with van der Waals surface area (Å²) in [7, 11) is 0. The van der Waals surface area contributed by atoms with Crippen molar-refractivity contribution in [2.45, 2.75) is 57.4 Å². The predicted molar refractivity (Wildman–Crippen MR) is 78.8 cm³/mol. The third-order valence-electron chi connectivity index (χ3n) is 4.55. The standard InChI is InChI=1S/C15H22ClN3/c16-9-11-5-4-8-13(11)19-15-12-6-2-1-3-7-14(12)17-10-18-15/h10-11,13H,1-9H2,(H,17,18,19). The zero-order valence-electron chi connectivity index (χ0n) is 11.4. The van der Waals surface area contributed by atoms with Crippen LogP contribution in [-0.4, -0.2) is 21.9 Å². The minimum Gasteiger partial charge on any atom is -0.367 e. The second-order valence-electron chi connectivity index (χ2n) is 5.80. The van der Waals surface area contributed by atoms with Gasteiger partial charge in [-0.25, -0.2) is 9.97 Å². The van der Waals surface area contributed by atoms with Crippen molar-refractivity contribution in [3.63, 3.8) is 0 Å². The number of rotatable bonds is 3. The molecule has 3 rings (SSSR count). The minimum absolute atomic E-state index is 0.500. The van der Waals surface area contributed by atoms with Crippen molar-refractivity contribution in [2.75, 3.05) is 11.2 Å². The molecule has 104 valence electrons. The van der Waals surface area contributed by atoms with E-state index in [2.05, 4.69) is 15.3 Å². The molecule has 0 bridgehead atoms. The van der Waals surface area contributed by atoms with Crippen molar-refractivity contribution in [3.8, 4) is 0 Å². The minimum atomic E-state index is 0.500. The molecule has 1 heterocycles. The molecule has 0 amide bonds. The fraction of sp³-hybridized carbons (Fsp3) is 0.733. The Kier molecular flexibility index (Phi) is 4.21. The van der Waals surface area contributed by atoms with Crippen molar-refractivity contribution in [2.24, 2.45) is 5.92 Å². The lowest BCUT2D eigenvalue weighted by atomic mass is 10.0. The van der Waals surface area contributed by atoms with Gasteiger partial charge in [0.25, 0.3) is 0 Å². The van der Waals surface area contributed by atoms with E-state index in [1.807, 2.05) is 0 Å². The lowest BCUT2D eigenvalue weighted by Gasteiger charge is -2.21. The van der Waals surface area contributed by atoms with E-state index in [0.717, 1.165) is 24.5 Å². The van der Waals surface area contributed by atoms with Gasteiger partial charge in [-0.15, -0.1) is 11.6 Å². The van der Waals surface area contributed by atoms with Gasteiger partial charge in [0.05, 0.1) is 0 Å². The Morgan fingerprint density at radius 2 is 2.00 bits per heavy atom. The zero-order valence-corrected chi connectivity index (χ0v) is 12.1. The van der Waals surface area contributed by atoms with Crippen LogP contribution in [0.5, 0.6) is 0 Å². The Morgan fingerprint density at radius 1 is 1.11 bits per heavy atom. The topological polar surface area (TPSA) is 37.8 Å². The molecule has 0 aromatic carbocycles. The molecule has 2 unspecified atom stereocenters.